The standard InChI is InChI=1S/C33H40N2O9.C8H8Cl2N4/c1-38-19-7-8-20-21-9-10-35-16-18-13-27(44-32(36)17-11-25(39-2)30(41-4)26(12-17)40-3)31(42-5)28(33(37)43-6)22(18)15-24(35)29(21)34-23(20)14-19;9-6-2-1-3-7(10)5(6)4-13-14-8(11)12/h7-8,11-12,14,18,22,24,27-28,31,34H,9-10,13,15-16H2,1-6H3;1-4H,(H4,11,12,14)/b;13-4+/t18-,22+,24-,27-,28+,31+;/m1./s1. The van der Waals surface area contributed by atoms with E-state index in [-0.39, 0.29) is 35.4 Å². The van der Waals surface area contributed by atoms with Crippen LogP contribution in [0.2, 0.25) is 10.0 Å². The maximum Gasteiger partial charge on any atom is 0.338 e. The molecule has 1 aromatic heterocycles. The van der Waals surface area contributed by atoms with Gasteiger partial charge in [0.15, 0.2) is 11.5 Å². The van der Waals surface area contributed by atoms with Crippen molar-refractivity contribution < 1.29 is 42.7 Å². The van der Waals surface area contributed by atoms with Gasteiger partial charge in [0.25, 0.3) is 0 Å². The SMILES string of the molecule is COC(=O)[C@H]1[C@H]2C[C@@H]3c4[nH]c5cc(OC)ccc5c4CCN3C[C@H]2C[C@@H](OC(=O)c2cc(OC)c(OC)c(OC)c2)[C@@H]1OC.NC(N)=N/N=C/c1c(Cl)cccc1Cl. The van der Waals surface area contributed by atoms with Crippen LogP contribution < -0.4 is 30.4 Å². The third-order valence-electron chi connectivity index (χ3n) is 11.1. The van der Waals surface area contributed by atoms with E-state index >= 15 is 0 Å². The van der Waals surface area contributed by atoms with E-state index in [9.17, 15) is 9.59 Å². The highest BCUT2D eigenvalue weighted by atomic mass is 35.5. The molecule has 0 bridgehead atoms. The molecule has 15 nitrogen and oxygen atoms in total. The maximum absolute atomic E-state index is 13.5. The molecule has 4 aromatic rings. The van der Waals surface area contributed by atoms with Gasteiger partial charge in [0.05, 0.1) is 69.3 Å². The number of aromatic amines is 1. The number of guanidine groups is 1. The zero-order chi connectivity index (χ0) is 41.7. The van der Waals surface area contributed by atoms with Crippen LogP contribution in [0, 0.1) is 17.8 Å². The minimum Gasteiger partial charge on any atom is -0.497 e. The highest BCUT2D eigenvalue weighted by Crippen LogP contribution is 2.51. The molecule has 2 fully saturated rings. The van der Waals surface area contributed by atoms with Gasteiger partial charge in [-0.2, -0.15) is 5.10 Å². The average molecular weight is 840 g/mol. The van der Waals surface area contributed by atoms with Crippen molar-refractivity contribution in [3.63, 3.8) is 0 Å². The monoisotopic (exact) mass is 838 g/mol. The molecule has 3 aliphatic rings. The highest BCUT2D eigenvalue weighted by Gasteiger charge is 2.54. The third-order valence-corrected chi connectivity index (χ3v) is 11.8. The van der Waals surface area contributed by atoms with Crippen LogP contribution in [0.4, 0.5) is 0 Å². The second-order valence-corrected chi connectivity index (χ2v) is 14.9. The molecular formula is C41H48Cl2N6O9. The van der Waals surface area contributed by atoms with Gasteiger partial charge in [0.1, 0.15) is 18.0 Å². The summed E-state index contributed by atoms with van der Waals surface area (Å²) in [7, 11) is 9.10. The summed E-state index contributed by atoms with van der Waals surface area (Å²) in [6.07, 6.45) is 2.31. The zero-order valence-corrected chi connectivity index (χ0v) is 34.6. The number of carbonyl (C=O) groups excluding carboxylic acids is 2. The van der Waals surface area contributed by atoms with E-state index in [1.807, 2.05) is 12.1 Å². The van der Waals surface area contributed by atoms with E-state index in [0.29, 0.717) is 39.3 Å². The molecule has 310 valence electrons. The Labute approximate surface area is 346 Å². The lowest BCUT2D eigenvalue weighted by Crippen LogP contribution is -2.58. The van der Waals surface area contributed by atoms with E-state index in [0.717, 1.165) is 37.2 Å². The van der Waals surface area contributed by atoms with Crippen molar-refractivity contribution in [3.8, 4) is 23.0 Å². The number of H-pyrrole nitrogens is 1. The van der Waals surface area contributed by atoms with Crippen LogP contribution in [0.25, 0.3) is 10.9 Å². The molecule has 1 aliphatic carbocycles. The fourth-order valence-corrected chi connectivity index (χ4v) is 9.04. The molecule has 0 spiro atoms. The first-order valence-corrected chi connectivity index (χ1v) is 19.3. The van der Waals surface area contributed by atoms with Crippen LogP contribution in [-0.4, -0.2) is 102 Å². The van der Waals surface area contributed by atoms with Gasteiger partial charge in [-0.25, -0.2) is 4.79 Å². The lowest BCUT2D eigenvalue weighted by atomic mass is 9.63. The number of fused-ring (bicyclic) bond motifs is 6. The summed E-state index contributed by atoms with van der Waals surface area (Å²) in [5, 5.41) is 9.23. The van der Waals surface area contributed by atoms with Crippen molar-refractivity contribution in [3.05, 3.63) is 81.0 Å². The van der Waals surface area contributed by atoms with Crippen molar-refractivity contribution in [2.75, 3.05) is 55.7 Å². The Hall–Kier alpha value is -5.22. The molecule has 7 rings (SSSR count). The predicted octanol–water partition coefficient (Wildman–Crippen LogP) is 5.77. The summed E-state index contributed by atoms with van der Waals surface area (Å²) < 4.78 is 39.1. The Balaban J connectivity index is 0.000000344. The number of aromatic nitrogens is 1. The number of ether oxygens (including phenoxy) is 7. The molecule has 0 unspecified atom stereocenters. The van der Waals surface area contributed by atoms with E-state index in [1.165, 1.54) is 51.3 Å². The fraction of sp³-hybridized carbons (Fsp3) is 0.415. The second-order valence-electron chi connectivity index (χ2n) is 14.1. The maximum atomic E-state index is 13.5. The van der Waals surface area contributed by atoms with Crippen molar-refractivity contribution in [2.24, 2.45) is 39.4 Å². The number of hydrogen-bond donors (Lipinski definition) is 3. The van der Waals surface area contributed by atoms with E-state index in [4.69, 9.17) is 67.8 Å². The number of nitrogens with one attached hydrogen (secondary N) is 1. The summed E-state index contributed by atoms with van der Waals surface area (Å²) in [6.45, 7) is 1.68. The first kappa shape index (κ1) is 42.4. The Kier molecular flexibility index (Phi) is 13.6. The molecular weight excluding hydrogens is 791 g/mol. The molecule has 3 heterocycles. The molecule has 17 heteroatoms. The number of hydrogen-bond acceptors (Lipinski definition) is 12. The summed E-state index contributed by atoms with van der Waals surface area (Å²) >= 11 is 11.7. The second kappa shape index (κ2) is 18.6. The van der Waals surface area contributed by atoms with Crippen molar-refractivity contribution >= 4 is 58.2 Å². The van der Waals surface area contributed by atoms with Crippen LogP contribution >= 0.6 is 23.2 Å². The summed E-state index contributed by atoms with van der Waals surface area (Å²) in [4.78, 5) is 33.1. The van der Waals surface area contributed by atoms with Gasteiger partial charge >= 0.3 is 11.9 Å². The van der Waals surface area contributed by atoms with Gasteiger partial charge in [0, 0.05) is 48.4 Å². The minimum absolute atomic E-state index is 0.0170. The number of esters is 2. The van der Waals surface area contributed by atoms with E-state index in [1.54, 1.807) is 44.6 Å². The van der Waals surface area contributed by atoms with Gasteiger partial charge in [0.2, 0.25) is 11.7 Å². The molecule has 0 amide bonds. The summed E-state index contributed by atoms with van der Waals surface area (Å²) in [5.74, 6) is 0.320. The first-order valence-electron chi connectivity index (χ1n) is 18.6. The van der Waals surface area contributed by atoms with Gasteiger partial charge in [-0.15, -0.1) is 5.10 Å². The highest BCUT2D eigenvalue weighted by molar-refractivity contribution is 6.38. The number of halogens is 2. The molecule has 0 radical (unpaired) electrons. The fourth-order valence-electron chi connectivity index (χ4n) is 8.55. The van der Waals surface area contributed by atoms with Crippen molar-refractivity contribution in [2.45, 2.75) is 37.5 Å². The third kappa shape index (κ3) is 8.63. The molecule has 5 N–H and O–H groups in total. The normalized spacial score (nSPS) is 22.3. The number of nitrogens with two attached hydrogens (primary N) is 2. The van der Waals surface area contributed by atoms with E-state index < -0.39 is 24.1 Å². The van der Waals surface area contributed by atoms with E-state index in [2.05, 4.69) is 26.2 Å². The van der Waals surface area contributed by atoms with Gasteiger partial charge in [-0.05, 0) is 73.1 Å². The minimum atomic E-state index is -0.670. The van der Waals surface area contributed by atoms with Crippen LogP contribution in [0.3, 0.4) is 0 Å². The van der Waals surface area contributed by atoms with Crippen LogP contribution in [0.15, 0.2) is 58.7 Å². The molecule has 1 saturated heterocycles. The van der Waals surface area contributed by atoms with Gasteiger partial charge in [-0.1, -0.05) is 29.3 Å². The van der Waals surface area contributed by atoms with Crippen LogP contribution in [0.5, 0.6) is 23.0 Å². The van der Waals surface area contributed by atoms with Crippen LogP contribution in [-0.2, 0) is 25.4 Å². The van der Waals surface area contributed by atoms with Gasteiger partial charge in [-0.3, -0.25) is 9.69 Å². The van der Waals surface area contributed by atoms with Crippen LogP contribution in [0.1, 0.15) is 46.1 Å². The number of piperidine rings is 1. The quantitative estimate of drug-likeness (QED) is 0.0757. The van der Waals surface area contributed by atoms with Crippen molar-refractivity contribution in [1.82, 2.24) is 9.88 Å². The Bertz CT molecular complexity index is 2150. The topological polar surface area (TPSA) is 195 Å². The summed E-state index contributed by atoms with van der Waals surface area (Å²) in [6, 6.07) is 14.5. The summed E-state index contributed by atoms with van der Waals surface area (Å²) in [5.41, 5.74) is 14.6. The molecule has 2 aliphatic heterocycles. The molecule has 3 aromatic carbocycles. The number of rotatable bonds is 10. The van der Waals surface area contributed by atoms with Crippen molar-refractivity contribution in [1.29, 1.82) is 0 Å². The molecule has 1 saturated carbocycles. The Morgan fingerprint density at radius 1 is 0.914 bits per heavy atom. The predicted molar refractivity (Wildman–Crippen MR) is 221 cm³/mol. The number of benzene rings is 3. The Morgan fingerprint density at radius 2 is 1.62 bits per heavy atom. The molecule has 58 heavy (non-hydrogen) atoms. The zero-order valence-electron chi connectivity index (χ0n) is 33.1. The number of nitrogens with zero attached hydrogens (tertiary/aromatic N) is 3. The largest absolute Gasteiger partial charge is 0.497 e. The molecule has 6 atom stereocenters. The lowest BCUT2D eigenvalue weighted by Gasteiger charge is -2.52. The smallest absolute Gasteiger partial charge is 0.338 e. The van der Waals surface area contributed by atoms with Gasteiger partial charge < -0.3 is 49.6 Å². The number of methoxy groups -OCH3 is 6. The average Bonchev–Trinajstić information content (AvgIpc) is 3.61. The lowest BCUT2D eigenvalue weighted by molar-refractivity contribution is -0.176. The Morgan fingerprint density at radius 3 is 2.22 bits per heavy atom. The first-order chi connectivity index (χ1) is 28.0. The number of carbonyl (C=O) groups is 2.